The van der Waals surface area contributed by atoms with Crippen LogP contribution in [0.15, 0.2) is 5.16 Å². The number of thiazole rings is 1. The van der Waals surface area contributed by atoms with Crippen LogP contribution in [0.1, 0.15) is 28.1 Å². The Kier molecular flexibility index (Phi) is 5.78. The first-order chi connectivity index (χ1) is 11.3. The van der Waals surface area contributed by atoms with Gasteiger partial charge in [-0.15, -0.1) is 10.2 Å². The summed E-state index contributed by atoms with van der Waals surface area (Å²) in [5, 5.41) is 11.4. The van der Waals surface area contributed by atoms with Gasteiger partial charge in [0.1, 0.15) is 4.88 Å². The Morgan fingerprint density at radius 1 is 1.38 bits per heavy atom. The average Bonchev–Trinajstić information content (AvgIpc) is 3.07. The molecule has 2 aromatic rings. The highest BCUT2D eigenvalue weighted by Gasteiger charge is 2.18. The van der Waals surface area contributed by atoms with Gasteiger partial charge in [-0.05, 0) is 6.92 Å². The average molecular weight is 369 g/mol. The minimum atomic E-state index is -0.251. The van der Waals surface area contributed by atoms with Crippen molar-refractivity contribution in [2.75, 3.05) is 31.0 Å². The Balaban J connectivity index is 1.96. The molecule has 0 aliphatic rings. The number of aromatic nitrogens is 4. The summed E-state index contributed by atoms with van der Waals surface area (Å²) in [5.74, 6) is 6.21. The molecule has 0 saturated carbocycles. The fourth-order valence-corrected chi connectivity index (χ4v) is 3.46. The van der Waals surface area contributed by atoms with Gasteiger partial charge in [0.15, 0.2) is 11.0 Å². The number of nitrogen functional groups attached to an aromatic ring is 1. The van der Waals surface area contributed by atoms with E-state index < -0.39 is 0 Å². The Bertz CT molecular complexity index is 754. The Morgan fingerprint density at radius 3 is 2.67 bits per heavy atom. The third kappa shape index (κ3) is 4.03. The first-order valence-electron chi connectivity index (χ1n) is 7.14. The Labute approximate surface area is 147 Å². The zero-order valence-corrected chi connectivity index (χ0v) is 15.5. The third-order valence-electron chi connectivity index (χ3n) is 3.03. The van der Waals surface area contributed by atoms with E-state index in [9.17, 15) is 9.59 Å². The van der Waals surface area contributed by atoms with E-state index in [1.165, 1.54) is 21.3 Å². The van der Waals surface area contributed by atoms with Crippen molar-refractivity contribution in [3.63, 3.8) is 0 Å². The van der Waals surface area contributed by atoms with Gasteiger partial charge in [0.2, 0.25) is 11.1 Å². The number of hydrogen-bond acceptors (Lipinski definition) is 8. The summed E-state index contributed by atoms with van der Waals surface area (Å²) in [7, 11) is 3.34. The number of hydrogen-bond donors (Lipinski definition) is 2. The molecule has 0 aromatic carbocycles. The smallest absolute Gasteiger partial charge is 0.265 e. The summed E-state index contributed by atoms with van der Waals surface area (Å²) in [6.45, 7) is 3.66. The lowest BCUT2D eigenvalue weighted by molar-refractivity contribution is -0.113. The van der Waals surface area contributed by atoms with Crippen LogP contribution in [0.25, 0.3) is 0 Å². The maximum atomic E-state index is 12.0. The first kappa shape index (κ1) is 18.2. The number of thioether (sulfide) groups is 1. The van der Waals surface area contributed by atoms with Crippen molar-refractivity contribution in [1.29, 1.82) is 0 Å². The highest BCUT2D eigenvalue weighted by molar-refractivity contribution is 7.99. The summed E-state index contributed by atoms with van der Waals surface area (Å²) in [5.41, 5.74) is 0.593. The topological polar surface area (TPSA) is 119 Å². The number of carbonyl (C=O) groups is 2. The zero-order valence-electron chi connectivity index (χ0n) is 13.9. The molecule has 3 N–H and O–H groups in total. The standard InChI is InChI=1S/C13H19N7O2S2/c1-5-8-17-18-13(20(8)14)23-6-9(21)16-12-15-7(2)10(24-12)11(22)19(3)4/h5-6,14H2,1-4H3,(H,15,16,21). The summed E-state index contributed by atoms with van der Waals surface area (Å²) in [6.07, 6.45) is 0.664. The van der Waals surface area contributed by atoms with Gasteiger partial charge >= 0.3 is 0 Å². The van der Waals surface area contributed by atoms with Gasteiger partial charge < -0.3 is 16.1 Å². The van der Waals surface area contributed by atoms with Gasteiger partial charge in [0, 0.05) is 20.5 Å². The summed E-state index contributed by atoms with van der Waals surface area (Å²) in [6, 6.07) is 0. The normalized spacial score (nSPS) is 10.7. The maximum Gasteiger partial charge on any atom is 0.265 e. The van der Waals surface area contributed by atoms with Crippen molar-refractivity contribution in [2.24, 2.45) is 0 Å². The number of nitrogens with two attached hydrogens (primary N) is 1. The van der Waals surface area contributed by atoms with Crippen LogP contribution in [0.3, 0.4) is 0 Å². The molecule has 0 bridgehead atoms. The number of amides is 2. The first-order valence-corrected chi connectivity index (χ1v) is 8.94. The fraction of sp³-hybridized carbons (Fsp3) is 0.462. The number of nitrogens with one attached hydrogen (secondary N) is 1. The lowest BCUT2D eigenvalue weighted by atomic mass is 10.3. The number of rotatable bonds is 6. The van der Waals surface area contributed by atoms with Crippen molar-refractivity contribution in [2.45, 2.75) is 25.4 Å². The van der Waals surface area contributed by atoms with Gasteiger partial charge in [-0.1, -0.05) is 30.0 Å². The van der Waals surface area contributed by atoms with Crippen LogP contribution >= 0.6 is 23.1 Å². The molecule has 11 heteroatoms. The van der Waals surface area contributed by atoms with Gasteiger partial charge in [-0.25, -0.2) is 9.66 Å². The van der Waals surface area contributed by atoms with Gasteiger partial charge in [-0.2, -0.15) is 0 Å². The molecule has 2 heterocycles. The lowest BCUT2D eigenvalue weighted by Crippen LogP contribution is -2.21. The number of nitrogens with zero attached hydrogens (tertiary/aromatic N) is 5. The van der Waals surface area contributed by atoms with Crippen LogP contribution in [-0.4, -0.2) is 56.4 Å². The van der Waals surface area contributed by atoms with Gasteiger partial charge in [-0.3, -0.25) is 9.59 Å². The van der Waals surface area contributed by atoms with Crippen LogP contribution in [0.4, 0.5) is 5.13 Å². The molecule has 0 aliphatic carbocycles. The van der Waals surface area contributed by atoms with E-state index in [2.05, 4.69) is 20.5 Å². The molecule has 130 valence electrons. The van der Waals surface area contributed by atoms with Crippen molar-refractivity contribution in [1.82, 2.24) is 24.8 Å². The second-order valence-electron chi connectivity index (χ2n) is 5.09. The minimum absolute atomic E-state index is 0.120. The molecule has 0 atom stereocenters. The van der Waals surface area contributed by atoms with Gasteiger partial charge in [0.25, 0.3) is 5.91 Å². The molecule has 0 unspecified atom stereocenters. The number of aryl methyl sites for hydroxylation is 2. The van der Waals surface area contributed by atoms with Crippen molar-refractivity contribution >= 4 is 40.0 Å². The Morgan fingerprint density at radius 2 is 2.08 bits per heavy atom. The van der Waals surface area contributed by atoms with E-state index in [0.29, 0.717) is 33.1 Å². The summed E-state index contributed by atoms with van der Waals surface area (Å²) < 4.78 is 1.37. The molecular weight excluding hydrogens is 350 g/mol. The Hall–Kier alpha value is -2.14. The van der Waals surface area contributed by atoms with Crippen LogP contribution in [0, 0.1) is 6.92 Å². The SMILES string of the molecule is CCc1nnc(SCC(=O)Nc2nc(C)c(C(=O)N(C)C)s2)n1N. The summed E-state index contributed by atoms with van der Waals surface area (Å²) in [4.78, 5) is 30.2. The lowest BCUT2D eigenvalue weighted by Gasteiger charge is -2.07. The van der Waals surface area contributed by atoms with E-state index in [4.69, 9.17) is 5.84 Å². The molecule has 0 fully saturated rings. The highest BCUT2D eigenvalue weighted by atomic mass is 32.2. The highest BCUT2D eigenvalue weighted by Crippen LogP contribution is 2.24. The molecular formula is C13H19N7O2S2. The molecule has 24 heavy (non-hydrogen) atoms. The van der Waals surface area contributed by atoms with Crippen LogP contribution in [0.5, 0.6) is 0 Å². The summed E-state index contributed by atoms with van der Waals surface area (Å²) >= 11 is 2.34. The zero-order chi connectivity index (χ0) is 17.9. The van der Waals surface area contributed by atoms with E-state index >= 15 is 0 Å². The molecule has 0 spiro atoms. The minimum Gasteiger partial charge on any atom is -0.344 e. The van der Waals surface area contributed by atoms with E-state index in [-0.39, 0.29) is 17.6 Å². The quantitative estimate of drug-likeness (QED) is 0.569. The molecule has 0 aliphatic heterocycles. The van der Waals surface area contributed by atoms with Crippen LogP contribution < -0.4 is 11.2 Å². The number of carbonyl (C=O) groups excluding carboxylic acids is 2. The van der Waals surface area contributed by atoms with Crippen molar-refractivity contribution in [3.8, 4) is 0 Å². The predicted octanol–water partition coefficient (Wildman–Crippen LogP) is 0.752. The van der Waals surface area contributed by atoms with E-state index in [1.807, 2.05) is 6.92 Å². The van der Waals surface area contributed by atoms with Crippen LogP contribution in [0.2, 0.25) is 0 Å². The molecule has 9 nitrogen and oxygen atoms in total. The third-order valence-corrected chi connectivity index (χ3v) is 5.03. The van der Waals surface area contributed by atoms with Gasteiger partial charge in [0.05, 0.1) is 11.4 Å². The fourth-order valence-electron chi connectivity index (χ4n) is 1.78. The van der Waals surface area contributed by atoms with Crippen molar-refractivity contribution < 1.29 is 9.59 Å². The molecule has 0 saturated heterocycles. The predicted molar refractivity (Wildman–Crippen MR) is 93.8 cm³/mol. The van der Waals surface area contributed by atoms with E-state index in [0.717, 1.165) is 11.3 Å². The van der Waals surface area contributed by atoms with Crippen molar-refractivity contribution in [3.05, 3.63) is 16.4 Å². The second kappa shape index (κ2) is 7.62. The molecule has 2 aromatic heterocycles. The van der Waals surface area contributed by atoms with Crippen LogP contribution in [-0.2, 0) is 11.2 Å². The van der Waals surface area contributed by atoms with E-state index in [1.54, 1.807) is 21.0 Å². The second-order valence-corrected chi connectivity index (χ2v) is 7.03. The monoisotopic (exact) mass is 369 g/mol. The molecule has 2 rings (SSSR count). The molecule has 2 amide bonds. The number of anilines is 1. The largest absolute Gasteiger partial charge is 0.344 e. The maximum absolute atomic E-state index is 12.0. The molecule has 0 radical (unpaired) electrons.